The largest absolute Gasteiger partial charge is 0.362 e. The van der Waals surface area contributed by atoms with E-state index in [1.165, 1.54) is 0 Å². The average Bonchev–Trinajstić information content (AvgIpc) is 2.34. The van der Waals surface area contributed by atoms with Crippen LogP contribution in [0.3, 0.4) is 0 Å². The zero-order valence-corrected chi connectivity index (χ0v) is 10.9. The monoisotopic (exact) mass is 236 g/mol. The molecule has 0 aromatic heterocycles. The van der Waals surface area contributed by atoms with Crippen LogP contribution in [0.15, 0.2) is 24.3 Å². The van der Waals surface area contributed by atoms with Gasteiger partial charge >= 0.3 is 0 Å². The maximum atomic E-state index is 10.2. The number of aryl methyl sites for hydroxylation is 1. The molecule has 2 heteroatoms. The number of benzene rings is 1. The molecule has 0 aliphatic heterocycles. The van der Waals surface area contributed by atoms with Crippen molar-refractivity contribution in [2.45, 2.75) is 58.2 Å². The van der Waals surface area contributed by atoms with Gasteiger partial charge in [-0.25, -0.2) is 0 Å². The highest BCUT2D eigenvalue weighted by Gasteiger charge is 2.27. The fourth-order valence-electron chi connectivity index (χ4n) is 2.05. The molecule has 0 saturated heterocycles. The second kappa shape index (κ2) is 6.77. The predicted octanol–water partition coefficient (Wildman–Crippen LogP) is 3.36. The van der Waals surface area contributed by atoms with Gasteiger partial charge in [0.15, 0.2) is 5.79 Å². The second-order valence-corrected chi connectivity index (χ2v) is 4.68. The summed E-state index contributed by atoms with van der Waals surface area (Å²) in [6.45, 7) is 4.20. The van der Waals surface area contributed by atoms with Gasteiger partial charge < -0.3 is 10.2 Å². The fraction of sp³-hybridized carbons (Fsp3) is 0.600. The SMILES string of the molecule is CCCCc1ccccc1C(O)(O)CCCC. The van der Waals surface area contributed by atoms with Crippen molar-refractivity contribution in [3.63, 3.8) is 0 Å². The molecule has 0 aliphatic rings. The quantitative estimate of drug-likeness (QED) is 0.713. The van der Waals surface area contributed by atoms with E-state index in [-0.39, 0.29) is 0 Å². The molecule has 0 heterocycles. The lowest BCUT2D eigenvalue weighted by Crippen LogP contribution is -2.26. The Bertz CT molecular complexity index is 331. The topological polar surface area (TPSA) is 40.5 Å². The van der Waals surface area contributed by atoms with E-state index in [4.69, 9.17) is 0 Å². The highest BCUT2D eigenvalue weighted by atomic mass is 16.5. The first-order valence-corrected chi connectivity index (χ1v) is 6.65. The molecule has 0 saturated carbocycles. The van der Waals surface area contributed by atoms with Gasteiger partial charge in [-0.15, -0.1) is 0 Å². The lowest BCUT2D eigenvalue weighted by molar-refractivity contribution is -0.175. The van der Waals surface area contributed by atoms with Crippen LogP contribution in [-0.2, 0) is 12.2 Å². The van der Waals surface area contributed by atoms with Crippen molar-refractivity contribution in [3.8, 4) is 0 Å². The normalized spacial score (nSPS) is 11.8. The average molecular weight is 236 g/mol. The molecule has 0 radical (unpaired) electrons. The number of unbranched alkanes of at least 4 members (excludes halogenated alkanes) is 2. The third-order valence-corrected chi connectivity index (χ3v) is 3.13. The third-order valence-electron chi connectivity index (χ3n) is 3.13. The Kier molecular flexibility index (Phi) is 5.66. The lowest BCUT2D eigenvalue weighted by atomic mass is 9.93. The third kappa shape index (κ3) is 4.14. The maximum Gasteiger partial charge on any atom is 0.190 e. The van der Waals surface area contributed by atoms with E-state index in [0.717, 1.165) is 37.7 Å². The van der Waals surface area contributed by atoms with Gasteiger partial charge in [0.1, 0.15) is 0 Å². The molecule has 0 fully saturated rings. The van der Waals surface area contributed by atoms with Gasteiger partial charge in [-0.05, 0) is 24.8 Å². The van der Waals surface area contributed by atoms with E-state index in [9.17, 15) is 10.2 Å². The minimum Gasteiger partial charge on any atom is -0.362 e. The van der Waals surface area contributed by atoms with Crippen molar-refractivity contribution in [2.75, 3.05) is 0 Å². The highest BCUT2D eigenvalue weighted by Crippen LogP contribution is 2.28. The summed E-state index contributed by atoms with van der Waals surface area (Å²) < 4.78 is 0. The smallest absolute Gasteiger partial charge is 0.190 e. The van der Waals surface area contributed by atoms with E-state index in [1.54, 1.807) is 0 Å². The van der Waals surface area contributed by atoms with Crippen molar-refractivity contribution in [1.82, 2.24) is 0 Å². The summed E-state index contributed by atoms with van der Waals surface area (Å²) in [5.74, 6) is -1.67. The van der Waals surface area contributed by atoms with Crippen LogP contribution in [0.25, 0.3) is 0 Å². The van der Waals surface area contributed by atoms with Crippen LogP contribution in [0.5, 0.6) is 0 Å². The Morgan fingerprint density at radius 1 is 1.00 bits per heavy atom. The van der Waals surface area contributed by atoms with Gasteiger partial charge in [0.2, 0.25) is 0 Å². The second-order valence-electron chi connectivity index (χ2n) is 4.68. The van der Waals surface area contributed by atoms with Crippen molar-refractivity contribution in [3.05, 3.63) is 35.4 Å². The van der Waals surface area contributed by atoms with Crippen molar-refractivity contribution < 1.29 is 10.2 Å². The Balaban J connectivity index is 2.86. The van der Waals surface area contributed by atoms with Crippen LogP contribution in [0, 0.1) is 0 Å². The van der Waals surface area contributed by atoms with Crippen LogP contribution in [-0.4, -0.2) is 10.2 Å². The Morgan fingerprint density at radius 3 is 2.29 bits per heavy atom. The van der Waals surface area contributed by atoms with Crippen LogP contribution in [0.1, 0.15) is 57.1 Å². The number of rotatable bonds is 7. The summed E-state index contributed by atoms with van der Waals surface area (Å²) in [6, 6.07) is 7.67. The molecule has 1 rings (SSSR count). The first-order valence-electron chi connectivity index (χ1n) is 6.65. The van der Waals surface area contributed by atoms with E-state index >= 15 is 0 Å². The lowest BCUT2D eigenvalue weighted by Gasteiger charge is -2.24. The minimum atomic E-state index is -1.67. The summed E-state index contributed by atoms with van der Waals surface area (Å²) in [7, 11) is 0. The molecule has 2 nitrogen and oxygen atoms in total. The van der Waals surface area contributed by atoms with Crippen LogP contribution >= 0.6 is 0 Å². The standard InChI is InChI=1S/C15H24O2/c1-3-5-9-13-10-7-8-11-14(13)15(16,17)12-6-4-2/h7-8,10-11,16-17H,3-6,9,12H2,1-2H3. The van der Waals surface area contributed by atoms with Gasteiger partial charge in [0.05, 0.1) is 0 Å². The summed E-state index contributed by atoms with van der Waals surface area (Å²) in [6.07, 6.45) is 5.33. The molecule has 0 atom stereocenters. The Hall–Kier alpha value is -0.860. The van der Waals surface area contributed by atoms with Crippen LogP contribution < -0.4 is 0 Å². The molecule has 0 bridgehead atoms. The summed E-state index contributed by atoms with van der Waals surface area (Å²) in [5.41, 5.74) is 1.75. The number of hydrogen-bond donors (Lipinski definition) is 2. The maximum absolute atomic E-state index is 10.2. The number of aliphatic hydroxyl groups is 2. The van der Waals surface area contributed by atoms with Crippen LogP contribution in [0.2, 0.25) is 0 Å². The zero-order chi connectivity index (χ0) is 12.7. The summed E-state index contributed by atoms with van der Waals surface area (Å²) in [4.78, 5) is 0. The molecule has 1 aromatic rings. The summed E-state index contributed by atoms with van der Waals surface area (Å²) in [5, 5.41) is 20.3. The van der Waals surface area contributed by atoms with Crippen LogP contribution in [0.4, 0.5) is 0 Å². The van der Waals surface area contributed by atoms with Gasteiger partial charge in [-0.2, -0.15) is 0 Å². The molecular formula is C15H24O2. The molecule has 96 valence electrons. The fourth-order valence-corrected chi connectivity index (χ4v) is 2.05. The molecule has 17 heavy (non-hydrogen) atoms. The molecule has 0 spiro atoms. The molecule has 0 aliphatic carbocycles. The molecule has 0 unspecified atom stereocenters. The Morgan fingerprint density at radius 2 is 1.65 bits per heavy atom. The van der Waals surface area contributed by atoms with Crippen molar-refractivity contribution in [2.24, 2.45) is 0 Å². The highest BCUT2D eigenvalue weighted by molar-refractivity contribution is 5.30. The number of hydrogen-bond acceptors (Lipinski definition) is 2. The minimum absolute atomic E-state index is 0.409. The van der Waals surface area contributed by atoms with E-state index in [2.05, 4.69) is 13.8 Å². The first-order chi connectivity index (χ1) is 8.11. The van der Waals surface area contributed by atoms with E-state index in [1.807, 2.05) is 24.3 Å². The molecule has 2 N–H and O–H groups in total. The van der Waals surface area contributed by atoms with Crippen molar-refractivity contribution >= 4 is 0 Å². The zero-order valence-electron chi connectivity index (χ0n) is 10.9. The molecular weight excluding hydrogens is 212 g/mol. The molecule has 0 amide bonds. The summed E-state index contributed by atoms with van der Waals surface area (Å²) >= 11 is 0. The van der Waals surface area contributed by atoms with Crippen molar-refractivity contribution in [1.29, 1.82) is 0 Å². The van der Waals surface area contributed by atoms with E-state index < -0.39 is 5.79 Å². The molecule has 1 aromatic carbocycles. The first kappa shape index (κ1) is 14.2. The van der Waals surface area contributed by atoms with Gasteiger partial charge in [-0.1, -0.05) is 51.0 Å². The Labute approximate surface area is 104 Å². The van der Waals surface area contributed by atoms with Gasteiger partial charge in [0, 0.05) is 12.0 Å². The predicted molar refractivity (Wildman–Crippen MR) is 70.7 cm³/mol. The van der Waals surface area contributed by atoms with E-state index in [0.29, 0.717) is 12.0 Å². The van der Waals surface area contributed by atoms with Gasteiger partial charge in [-0.3, -0.25) is 0 Å². The van der Waals surface area contributed by atoms with Gasteiger partial charge in [0.25, 0.3) is 0 Å².